The number of fused-ring (bicyclic) bond motifs is 1. The molecule has 1 aromatic carbocycles. The van der Waals surface area contributed by atoms with Crippen molar-refractivity contribution in [3.8, 4) is 11.3 Å². The molecule has 0 radical (unpaired) electrons. The number of hydrogen-bond acceptors (Lipinski definition) is 3. The molecule has 3 rings (SSSR count). The average molecular weight is 307 g/mol. The molecule has 1 atom stereocenters. The Labute approximate surface area is 127 Å². The van der Waals surface area contributed by atoms with Crippen LogP contribution >= 0.6 is 22.9 Å². The van der Waals surface area contributed by atoms with Crippen molar-refractivity contribution in [3.63, 3.8) is 0 Å². The SMILES string of the molecule is Cc1nc(-c2ccc3c(c2)CCN3C(=O)C(C)Cl)cs1. The van der Waals surface area contributed by atoms with Gasteiger partial charge in [0, 0.05) is 23.2 Å². The number of rotatable bonds is 2. The van der Waals surface area contributed by atoms with E-state index in [1.165, 1.54) is 5.56 Å². The van der Waals surface area contributed by atoms with Gasteiger partial charge in [-0.05, 0) is 38.0 Å². The highest BCUT2D eigenvalue weighted by Crippen LogP contribution is 2.33. The number of carbonyl (C=O) groups excluding carboxylic acids is 1. The number of amides is 1. The first kappa shape index (κ1) is 13.6. The number of aromatic nitrogens is 1. The normalized spacial score (nSPS) is 15.2. The van der Waals surface area contributed by atoms with Crippen LogP contribution in [-0.4, -0.2) is 22.8 Å². The number of alkyl halides is 1. The Morgan fingerprint density at radius 3 is 2.95 bits per heavy atom. The Hall–Kier alpha value is -1.39. The number of benzene rings is 1. The standard InChI is InChI=1S/C15H15ClN2OS/c1-9(16)15(19)18-6-5-12-7-11(3-4-14(12)18)13-8-20-10(2)17-13/h3-4,7-9H,5-6H2,1-2H3. The van der Waals surface area contributed by atoms with E-state index in [1.807, 2.05) is 19.1 Å². The summed E-state index contributed by atoms with van der Waals surface area (Å²) in [5, 5.41) is 2.64. The summed E-state index contributed by atoms with van der Waals surface area (Å²) < 4.78 is 0. The zero-order valence-electron chi connectivity index (χ0n) is 11.4. The third kappa shape index (κ3) is 2.34. The van der Waals surface area contributed by atoms with Crippen LogP contribution < -0.4 is 4.90 Å². The van der Waals surface area contributed by atoms with E-state index in [-0.39, 0.29) is 5.91 Å². The monoisotopic (exact) mass is 306 g/mol. The second kappa shape index (κ2) is 5.19. The molecule has 1 aliphatic heterocycles. The summed E-state index contributed by atoms with van der Waals surface area (Å²) in [6.07, 6.45) is 0.877. The Balaban J connectivity index is 1.94. The largest absolute Gasteiger partial charge is 0.311 e. The number of aryl methyl sites for hydroxylation is 1. The summed E-state index contributed by atoms with van der Waals surface area (Å²) in [6, 6.07) is 6.16. The lowest BCUT2D eigenvalue weighted by Crippen LogP contribution is -2.34. The van der Waals surface area contributed by atoms with E-state index in [1.54, 1.807) is 23.2 Å². The van der Waals surface area contributed by atoms with E-state index in [4.69, 9.17) is 11.6 Å². The van der Waals surface area contributed by atoms with Crippen LogP contribution in [0.5, 0.6) is 0 Å². The summed E-state index contributed by atoms with van der Waals surface area (Å²) in [5.41, 5.74) is 4.30. The average Bonchev–Trinajstić information content (AvgIpc) is 3.03. The third-order valence-corrected chi connectivity index (χ3v) is 4.46. The van der Waals surface area contributed by atoms with Crippen molar-refractivity contribution in [2.75, 3.05) is 11.4 Å². The first-order valence-corrected chi connectivity index (χ1v) is 7.89. The summed E-state index contributed by atoms with van der Waals surface area (Å²) in [4.78, 5) is 18.3. The highest BCUT2D eigenvalue weighted by atomic mass is 35.5. The van der Waals surface area contributed by atoms with Crippen molar-refractivity contribution in [2.45, 2.75) is 25.6 Å². The van der Waals surface area contributed by atoms with Crippen molar-refractivity contribution in [1.29, 1.82) is 0 Å². The van der Waals surface area contributed by atoms with Crippen LogP contribution in [0, 0.1) is 6.92 Å². The van der Waals surface area contributed by atoms with Gasteiger partial charge in [-0.1, -0.05) is 6.07 Å². The highest BCUT2D eigenvalue weighted by Gasteiger charge is 2.27. The predicted molar refractivity (Wildman–Crippen MR) is 83.7 cm³/mol. The van der Waals surface area contributed by atoms with Gasteiger partial charge in [-0.3, -0.25) is 4.79 Å². The van der Waals surface area contributed by atoms with Crippen LogP contribution in [0.1, 0.15) is 17.5 Å². The molecule has 5 heteroatoms. The van der Waals surface area contributed by atoms with Gasteiger partial charge in [-0.2, -0.15) is 0 Å². The van der Waals surface area contributed by atoms with E-state index in [0.29, 0.717) is 6.54 Å². The lowest BCUT2D eigenvalue weighted by molar-refractivity contribution is -0.117. The van der Waals surface area contributed by atoms with Crippen molar-refractivity contribution < 1.29 is 4.79 Å². The van der Waals surface area contributed by atoms with Gasteiger partial charge in [0.05, 0.1) is 10.7 Å². The van der Waals surface area contributed by atoms with E-state index in [2.05, 4.69) is 16.4 Å². The lowest BCUT2D eigenvalue weighted by Gasteiger charge is -2.18. The lowest BCUT2D eigenvalue weighted by atomic mass is 10.1. The second-order valence-corrected chi connectivity index (χ2v) is 6.67. The maximum atomic E-state index is 12.0. The minimum Gasteiger partial charge on any atom is -0.311 e. The van der Waals surface area contributed by atoms with Gasteiger partial charge in [0.25, 0.3) is 0 Å². The van der Waals surface area contributed by atoms with E-state index in [9.17, 15) is 4.79 Å². The first-order chi connectivity index (χ1) is 9.56. The van der Waals surface area contributed by atoms with Gasteiger partial charge >= 0.3 is 0 Å². The fourth-order valence-corrected chi connectivity index (χ4v) is 3.24. The van der Waals surface area contributed by atoms with Gasteiger partial charge in [-0.25, -0.2) is 4.98 Å². The highest BCUT2D eigenvalue weighted by molar-refractivity contribution is 7.09. The minimum atomic E-state index is -0.484. The van der Waals surface area contributed by atoms with Crippen LogP contribution in [0.3, 0.4) is 0 Å². The number of thiazole rings is 1. The Morgan fingerprint density at radius 1 is 1.50 bits per heavy atom. The van der Waals surface area contributed by atoms with Crippen LogP contribution in [0.2, 0.25) is 0 Å². The molecule has 0 fully saturated rings. The second-order valence-electron chi connectivity index (χ2n) is 4.95. The third-order valence-electron chi connectivity index (χ3n) is 3.50. The number of nitrogens with zero attached hydrogens (tertiary/aromatic N) is 2. The summed E-state index contributed by atoms with van der Waals surface area (Å²) in [5.74, 6) is -0.0253. The molecule has 1 aliphatic rings. The van der Waals surface area contributed by atoms with Gasteiger partial charge in [0.15, 0.2) is 0 Å². The van der Waals surface area contributed by atoms with Crippen LogP contribution in [0.25, 0.3) is 11.3 Å². The molecule has 104 valence electrons. The maximum absolute atomic E-state index is 12.0. The zero-order valence-corrected chi connectivity index (χ0v) is 13.0. The Morgan fingerprint density at radius 2 is 2.30 bits per heavy atom. The van der Waals surface area contributed by atoms with Crippen LogP contribution in [-0.2, 0) is 11.2 Å². The van der Waals surface area contributed by atoms with Gasteiger partial charge in [-0.15, -0.1) is 22.9 Å². The first-order valence-electron chi connectivity index (χ1n) is 6.57. The van der Waals surface area contributed by atoms with Crippen LogP contribution in [0.15, 0.2) is 23.6 Å². The van der Waals surface area contributed by atoms with E-state index in [0.717, 1.165) is 28.4 Å². The van der Waals surface area contributed by atoms with Crippen molar-refractivity contribution in [3.05, 3.63) is 34.2 Å². The molecule has 0 aliphatic carbocycles. The molecule has 0 saturated heterocycles. The predicted octanol–water partition coefficient (Wildman–Crippen LogP) is 3.63. The Bertz CT molecular complexity index is 666. The smallest absolute Gasteiger partial charge is 0.244 e. The quantitative estimate of drug-likeness (QED) is 0.794. The number of anilines is 1. The molecule has 2 heterocycles. The van der Waals surface area contributed by atoms with Crippen LogP contribution in [0.4, 0.5) is 5.69 Å². The topological polar surface area (TPSA) is 33.2 Å². The maximum Gasteiger partial charge on any atom is 0.244 e. The molecule has 0 N–H and O–H groups in total. The zero-order chi connectivity index (χ0) is 14.3. The summed E-state index contributed by atoms with van der Waals surface area (Å²) in [6.45, 7) is 4.43. The molecular weight excluding hydrogens is 292 g/mol. The molecule has 0 saturated carbocycles. The van der Waals surface area contributed by atoms with Gasteiger partial charge < -0.3 is 4.90 Å². The van der Waals surface area contributed by atoms with Crippen molar-refractivity contribution in [1.82, 2.24) is 4.98 Å². The van der Waals surface area contributed by atoms with Gasteiger partial charge in [0.2, 0.25) is 5.91 Å². The fourth-order valence-electron chi connectivity index (χ4n) is 2.50. The van der Waals surface area contributed by atoms with Crippen molar-refractivity contribution >= 4 is 34.5 Å². The molecule has 0 spiro atoms. The fraction of sp³-hybridized carbons (Fsp3) is 0.333. The molecule has 1 unspecified atom stereocenters. The molecule has 1 aromatic heterocycles. The number of carbonyl (C=O) groups is 1. The molecule has 2 aromatic rings. The number of hydrogen-bond donors (Lipinski definition) is 0. The van der Waals surface area contributed by atoms with E-state index >= 15 is 0 Å². The van der Waals surface area contributed by atoms with Crippen molar-refractivity contribution in [2.24, 2.45) is 0 Å². The molecular formula is C15H15ClN2OS. The van der Waals surface area contributed by atoms with E-state index < -0.39 is 5.38 Å². The summed E-state index contributed by atoms with van der Waals surface area (Å²) >= 11 is 7.55. The number of halogens is 1. The summed E-state index contributed by atoms with van der Waals surface area (Å²) in [7, 11) is 0. The molecule has 3 nitrogen and oxygen atoms in total. The Kier molecular flexibility index (Phi) is 3.52. The molecule has 1 amide bonds. The molecule has 20 heavy (non-hydrogen) atoms. The minimum absolute atomic E-state index is 0.0253. The van der Waals surface area contributed by atoms with Gasteiger partial charge in [0.1, 0.15) is 5.38 Å². The molecule has 0 bridgehead atoms.